The fourth-order valence-electron chi connectivity index (χ4n) is 2.86. The largest absolute Gasteiger partial charge is 0.416 e. The van der Waals surface area contributed by atoms with Crippen LogP contribution in [0.2, 0.25) is 0 Å². The molecule has 5 nitrogen and oxygen atoms in total. The van der Waals surface area contributed by atoms with Crippen molar-refractivity contribution >= 4 is 18.3 Å². The SMILES string of the molecule is CC(C)[C@H](N)C(=O)NCC(c1ccc(C(F)(F)F)cc1)N1CCOCC1.Cl. The van der Waals surface area contributed by atoms with E-state index in [4.69, 9.17) is 10.5 Å². The summed E-state index contributed by atoms with van der Waals surface area (Å²) in [5.74, 6) is -0.256. The summed E-state index contributed by atoms with van der Waals surface area (Å²) in [5.41, 5.74) is 5.89. The minimum atomic E-state index is -4.37. The highest BCUT2D eigenvalue weighted by atomic mass is 35.5. The lowest BCUT2D eigenvalue weighted by molar-refractivity contribution is -0.137. The molecule has 154 valence electrons. The number of nitrogens with zero attached hydrogens (tertiary/aromatic N) is 1. The molecule has 1 unspecified atom stereocenters. The zero-order chi connectivity index (χ0) is 19.3. The maximum absolute atomic E-state index is 12.8. The summed E-state index contributed by atoms with van der Waals surface area (Å²) in [6.07, 6.45) is -4.37. The molecule has 1 aromatic carbocycles. The maximum Gasteiger partial charge on any atom is 0.416 e. The molecule has 1 aliphatic heterocycles. The van der Waals surface area contributed by atoms with Gasteiger partial charge in [-0.3, -0.25) is 9.69 Å². The number of rotatable bonds is 6. The molecule has 0 aromatic heterocycles. The van der Waals surface area contributed by atoms with E-state index >= 15 is 0 Å². The molecule has 0 spiro atoms. The van der Waals surface area contributed by atoms with E-state index in [0.717, 1.165) is 17.7 Å². The Kier molecular flexibility index (Phi) is 9.01. The second kappa shape index (κ2) is 10.3. The maximum atomic E-state index is 12.8. The number of carbonyl (C=O) groups excluding carboxylic acids is 1. The lowest BCUT2D eigenvalue weighted by Crippen LogP contribution is -2.48. The van der Waals surface area contributed by atoms with Crippen LogP contribution in [-0.4, -0.2) is 49.7 Å². The van der Waals surface area contributed by atoms with E-state index in [1.807, 2.05) is 13.8 Å². The van der Waals surface area contributed by atoms with Gasteiger partial charge in [0.1, 0.15) is 0 Å². The summed E-state index contributed by atoms with van der Waals surface area (Å²) in [7, 11) is 0. The Hall–Kier alpha value is -1.35. The minimum absolute atomic E-state index is 0. The molecule has 1 fully saturated rings. The van der Waals surface area contributed by atoms with Gasteiger partial charge in [0, 0.05) is 19.6 Å². The quantitative estimate of drug-likeness (QED) is 0.758. The molecule has 1 aromatic rings. The lowest BCUT2D eigenvalue weighted by Gasteiger charge is -2.35. The topological polar surface area (TPSA) is 67.6 Å². The van der Waals surface area contributed by atoms with Crippen molar-refractivity contribution in [1.29, 1.82) is 0 Å². The smallest absolute Gasteiger partial charge is 0.379 e. The summed E-state index contributed by atoms with van der Waals surface area (Å²) in [4.78, 5) is 14.3. The van der Waals surface area contributed by atoms with Crippen LogP contribution in [0.25, 0.3) is 0 Å². The van der Waals surface area contributed by atoms with E-state index in [-0.39, 0.29) is 36.8 Å². The van der Waals surface area contributed by atoms with Gasteiger partial charge in [-0.25, -0.2) is 0 Å². The van der Waals surface area contributed by atoms with Gasteiger partial charge < -0.3 is 15.8 Å². The number of carbonyl (C=O) groups is 1. The Balaban J connectivity index is 0.00000364. The van der Waals surface area contributed by atoms with Gasteiger partial charge >= 0.3 is 6.18 Å². The Morgan fingerprint density at radius 1 is 1.22 bits per heavy atom. The van der Waals surface area contributed by atoms with Gasteiger partial charge in [0.15, 0.2) is 0 Å². The summed E-state index contributed by atoms with van der Waals surface area (Å²) in [5, 5.41) is 2.84. The molecule has 27 heavy (non-hydrogen) atoms. The summed E-state index contributed by atoms with van der Waals surface area (Å²) in [6.45, 7) is 6.41. The van der Waals surface area contributed by atoms with Crippen LogP contribution in [0.5, 0.6) is 0 Å². The molecule has 0 bridgehead atoms. The van der Waals surface area contributed by atoms with Crippen LogP contribution < -0.4 is 11.1 Å². The van der Waals surface area contributed by atoms with Crippen LogP contribution in [0.15, 0.2) is 24.3 Å². The molecule has 9 heteroatoms. The molecule has 1 heterocycles. The highest BCUT2D eigenvalue weighted by Gasteiger charge is 2.31. The first-order valence-corrected chi connectivity index (χ1v) is 8.72. The van der Waals surface area contributed by atoms with E-state index < -0.39 is 17.8 Å². The molecule has 2 rings (SSSR count). The Labute approximate surface area is 163 Å². The molecule has 2 atom stereocenters. The van der Waals surface area contributed by atoms with E-state index in [2.05, 4.69) is 10.2 Å². The molecule has 0 saturated carbocycles. The molecule has 0 aliphatic carbocycles. The number of hydrogen-bond donors (Lipinski definition) is 2. The van der Waals surface area contributed by atoms with E-state index in [0.29, 0.717) is 26.3 Å². The molecule has 1 saturated heterocycles. The average Bonchev–Trinajstić information content (AvgIpc) is 2.61. The van der Waals surface area contributed by atoms with E-state index in [1.54, 1.807) is 0 Å². The second-order valence-electron chi connectivity index (χ2n) is 6.80. The van der Waals surface area contributed by atoms with Crippen LogP contribution in [0, 0.1) is 5.92 Å². The van der Waals surface area contributed by atoms with Gasteiger partial charge in [-0.05, 0) is 23.6 Å². The van der Waals surface area contributed by atoms with Crippen molar-refractivity contribution in [2.24, 2.45) is 11.7 Å². The van der Waals surface area contributed by atoms with Crippen molar-refractivity contribution in [3.8, 4) is 0 Å². The lowest BCUT2D eigenvalue weighted by atomic mass is 10.0. The normalized spacial score (nSPS) is 17.9. The predicted octanol–water partition coefficient (Wildman–Crippen LogP) is 2.60. The fraction of sp³-hybridized carbons (Fsp3) is 0.611. The standard InChI is InChI=1S/C18H26F3N3O2.ClH/c1-12(2)16(22)17(25)23-11-15(24-7-9-26-10-8-24)13-3-5-14(6-4-13)18(19,20)21;/h3-6,12,15-16H,7-11,22H2,1-2H3,(H,23,25);1H/t15?,16-;/m0./s1. The number of hydrogen-bond acceptors (Lipinski definition) is 4. The van der Waals surface area contributed by atoms with E-state index in [9.17, 15) is 18.0 Å². The fourth-order valence-corrected chi connectivity index (χ4v) is 2.86. The number of alkyl halides is 3. The number of amides is 1. The third kappa shape index (κ3) is 6.64. The third-order valence-corrected chi connectivity index (χ3v) is 4.60. The average molecular weight is 410 g/mol. The zero-order valence-corrected chi connectivity index (χ0v) is 16.3. The number of morpholine rings is 1. The Bertz CT molecular complexity index is 591. The number of halogens is 4. The molecule has 3 N–H and O–H groups in total. The summed E-state index contributed by atoms with van der Waals surface area (Å²) >= 11 is 0. The van der Waals surface area contributed by atoms with Gasteiger partial charge in [0.25, 0.3) is 0 Å². The first-order valence-electron chi connectivity index (χ1n) is 8.72. The Morgan fingerprint density at radius 2 is 1.78 bits per heavy atom. The van der Waals surface area contributed by atoms with Crippen molar-refractivity contribution in [1.82, 2.24) is 10.2 Å². The van der Waals surface area contributed by atoms with Crippen molar-refractivity contribution in [3.05, 3.63) is 35.4 Å². The van der Waals surface area contributed by atoms with Gasteiger partial charge in [-0.1, -0.05) is 26.0 Å². The second-order valence-corrected chi connectivity index (χ2v) is 6.80. The third-order valence-electron chi connectivity index (χ3n) is 4.60. The first kappa shape index (κ1) is 23.7. The number of nitrogens with one attached hydrogen (secondary N) is 1. The summed E-state index contributed by atoms with van der Waals surface area (Å²) in [6, 6.07) is 4.24. The van der Waals surface area contributed by atoms with Crippen LogP contribution in [0.4, 0.5) is 13.2 Å². The number of nitrogens with two attached hydrogens (primary N) is 1. The van der Waals surface area contributed by atoms with Crippen molar-refractivity contribution in [3.63, 3.8) is 0 Å². The number of benzene rings is 1. The molecule has 0 radical (unpaired) electrons. The molecule has 1 aliphatic rings. The highest BCUT2D eigenvalue weighted by molar-refractivity contribution is 5.85. The van der Waals surface area contributed by atoms with Crippen molar-refractivity contribution in [2.45, 2.75) is 32.1 Å². The van der Waals surface area contributed by atoms with Crippen molar-refractivity contribution < 1.29 is 22.7 Å². The minimum Gasteiger partial charge on any atom is -0.379 e. The predicted molar refractivity (Wildman–Crippen MR) is 99.6 cm³/mol. The van der Waals surface area contributed by atoms with Crippen LogP contribution in [0.1, 0.15) is 31.0 Å². The molecule has 1 amide bonds. The number of ether oxygens (including phenoxy) is 1. The van der Waals surface area contributed by atoms with Crippen LogP contribution >= 0.6 is 12.4 Å². The monoisotopic (exact) mass is 409 g/mol. The van der Waals surface area contributed by atoms with Gasteiger partial charge in [-0.15, -0.1) is 12.4 Å². The molecular formula is C18H27ClF3N3O2. The highest BCUT2D eigenvalue weighted by Crippen LogP contribution is 2.31. The first-order chi connectivity index (χ1) is 12.2. The van der Waals surface area contributed by atoms with E-state index in [1.165, 1.54) is 12.1 Å². The van der Waals surface area contributed by atoms with Crippen LogP contribution in [0.3, 0.4) is 0 Å². The van der Waals surface area contributed by atoms with Crippen LogP contribution in [-0.2, 0) is 15.7 Å². The Morgan fingerprint density at radius 3 is 2.26 bits per heavy atom. The zero-order valence-electron chi connectivity index (χ0n) is 15.5. The van der Waals surface area contributed by atoms with Gasteiger partial charge in [0.2, 0.25) is 5.91 Å². The summed E-state index contributed by atoms with van der Waals surface area (Å²) < 4.78 is 43.7. The molecular weight excluding hydrogens is 383 g/mol. The van der Waals surface area contributed by atoms with Gasteiger partial charge in [-0.2, -0.15) is 13.2 Å². The van der Waals surface area contributed by atoms with Crippen molar-refractivity contribution in [2.75, 3.05) is 32.8 Å². The van der Waals surface area contributed by atoms with Gasteiger partial charge in [0.05, 0.1) is 30.9 Å².